The van der Waals surface area contributed by atoms with Gasteiger partial charge in [0.15, 0.2) is 5.78 Å². The van der Waals surface area contributed by atoms with Crippen molar-refractivity contribution in [1.29, 1.82) is 0 Å². The zero-order chi connectivity index (χ0) is 24.6. The van der Waals surface area contributed by atoms with Crippen molar-refractivity contribution in [1.82, 2.24) is 9.47 Å². The van der Waals surface area contributed by atoms with Crippen LogP contribution in [-0.4, -0.2) is 39.5 Å². The quantitative estimate of drug-likeness (QED) is 0.202. The van der Waals surface area contributed by atoms with Crippen LogP contribution < -0.4 is 0 Å². The fraction of sp³-hybridized carbons (Fsp3) is 0.552. The summed E-state index contributed by atoms with van der Waals surface area (Å²) in [6, 6.07) is 7.36. The Bertz CT molecular complexity index is 1120. The first-order chi connectivity index (χ1) is 16.1. The maximum atomic E-state index is 12.4. The van der Waals surface area contributed by atoms with Gasteiger partial charge in [-0.1, -0.05) is 23.8 Å². The monoisotopic (exact) mass is 526 g/mol. The number of Topliss-reactive ketones (excluding diaryl/α,β-unsaturated/α-hetero) is 1. The van der Waals surface area contributed by atoms with Gasteiger partial charge in [0.25, 0.3) is 0 Å². The number of carbonyl (C=O) groups excluding carboxylic acids is 1. The van der Waals surface area contributed by atoms with Crippen molar-refractivity contribution in [3.8, 4) is 0 Å². The first-order valence-corrected chi connectivity index (χ1v) is 13.4. The highest BCUT2D eigenvalue weighted by molar-refractivity contribution is 9.10. The van der Waals surface area contributed by atoms with Gasteiger partial charge in [0.2, 0.25) is 0 Å². The number of para-hydroxylation sites is 1. The summed E-state index contributed by atoms with van der Waals surface area (Å²) in [4.78, 5) is 15.1. The molecule has 4 rings (SSSR count). The third-order valence-electron chi connectivity index (χ3n) is 7.61. The molecule has 4 nitrogen and oxygen atoms in total. The number of halogens is 1. The minimum Gasteiger partial charge on any atom is -0.492 e. The Morgan fingerprint density at radius 1 is 1.12 bits per heavy atom. The lowest BCUT2D eigenvalue weighted by Crippen LogP contribution is -2.51. The molecule has 2 aliphatic heterocycles. The molecule has 34 heavy (non-hydrogen) atoms. The third kappa shape index (κ3) is 5.06. The van der Waals surface area contributed by atoms with E-state index in [0.717, 1.165) is 64.7 Å². The predicted octanol–water partition coefficient (Wildman–Crippen LogP) is 7.58. The Kier molecular flexibility index (Phi) is 7.44. The Hall–Kier alpha value is -1.85. The summed E-state index contributed by atoms with van der Waals surface area (Å²) in [7, 11) is 0. The van der Waals surface area contributed by atoms with Crippen LogP contribution in [0.25, 0.3) is 10.9 Å². The van der Waals surface area contributed by atoms with Gasteiger partial charge < -0.3 is 9.30 Å². The van der Waals surface area contributed by atoms with Crippen LogP contribution >= 0.6 is 15.9 Å². The molecule has 0 N–H and O–H groups in total. The van der Waals surface area contributed by atoms with Crippen LogP contribution in [0.2, 0.25) is 0 Å². The molecule has 0 spiro atoms. The molecular formula is C29H39BrN2O2. The van der Waals surface area contributed by atoms with Gasteiger partial charge in [-0.05, 0) is 88.9 Å². The molecular weight excluding hydrogens is 488 g/mol. The highest BCUT2D eigenvalue weighted by Gasteiger charge is 2.47. The summed E-state index contributed by atoms with van der Waals surface area (Å²) < 4.78 is 9.88. The van der Waals surface area contributed by atoms with Crippen molar-refractivity contribution < 1.29 is 9.53 Å². The van der Waals surface area contributed by atoms with Crippen molar-refractivity contribution in [3.05, 3.63) is 57.4 Å². The topological polar surface area (TPSA) is 34.5 Å². The molecule has 0 aliphatic carbocycles. The van der Waals surface area contributed by atoms with Gasteiger partial charge in [-0.2, -0.15) is 0 Å². The van der Waals surface area contributed by atoms with E-state index in [1.165, 1.54) is 18.4 Å². The molecule has 2 bridgehead atoms. The number of allylic oxidation sites excluding steroid dienone is 4. The van der Waals surface area contributed by atoms with Crippen molar-refractivity contribution in [2.24, 2.45) is 0 Å². The van der Waals surface area contributed by atoms with Crippen molar-refractivity contribution in [2.75, 3.05) is 6.54 Å². The standard InChI is InChI=1S/C29H39BrN2O2/c1-19(2)11-12-20(3)34-29(6)17-23-13-14-24(18-29)32(23)16-8-15-31-21(4)27(22(5)33)25-9-7-10-26(30)28(25)31/h7,9-12,23-24H,8,13-18H2,1-6H3/b20-12+. The first-order valence-electron chi connectivity index (χ1n) is 12.6. The number of ether oxygens (including phenoxy) is 1. The van der Waals surface area contributed by atoms with Crippen molar-refractivity contribution in [3.63, 3.8) is 0 Å². The molecule has 1 aromatic heterocycles. The van der Waals surface area contributed by atoms with Gasteiger partial charge in [0, 0.05) is 59.1 Å². The molecule has 3 heterocycles. The molecule has 5 heteroatoms. The SMILES string of the molecule is CC(=O)c1c(C)n(CCCN2C3CCC2CC(C)(O/C(C)=C/C=C(C)C)C3)c2c(Br)cccc12. The molecule has 2 atom stereocenters. The van der Waals surface area contributed by atoms with E-state index in [0.29, 0.717) is 12.1 Å². The molecule has 184 valence electrons. The lowest BCUT2D eigenvalue weighted by Gasteiger charge is -2.45. The van der Waals surface area contributed by atoms with E-state index < -0.39 is 0 Å². The van der Waals surface area contributed by atoms with E-state index in [-0.39, 0.29) is 11.4 Å². The summed E-state index contributed by atoms with van der Waals surface area (Å²) in [5.74, 6) is 1.15. The number of aromatic nitrogens is 1. The number of aryl methyl sites for hydroxylation is 1. The van der Waals surface area contributed by atoms with Crippen LogP contribution in [0.3, 0.4) is 0 Å². The number of hydrogen-bond donors (Lipinski definition) is 0. The summed E-state index contributed by atoms with van der Waals surface area (Å²) >= 11 is 3.73. The van der Waals surface area contributed by atoms with Crippen molar-refractivity contribution in [2.45, 2.75) is 97.9 Å². The third-order valence-corrected chi connectivity index (χ3v) is 8.25. The number of ketones is 1. The summed E-state index contributed by atoms with van der Waals surface area (Å²) in [6.45, 7) is 14.4. The van der Waals surface area contributed by atoms with E-state index in [9.17, 15) is 4.79 Å². The highest BCUT2D eigenvalue weighted by atomic mass is 79.9. The van der Waals surface area contributed by atoms with Gasteiger partial charge in [-0.15, -0.1) is 0 Å². The molecule has 0 radical (unpaired) electrons. The van der Waals surface area contributed by atoms with Crippen LogP contribution in [0.15, 0.2) is 46.2 Å². The van der Waals surface area contributed by atoms with Gasteiger partial charge in [0.1, 0.15) is 5.60 Å². The Morgan fingerprint density at radius 3 is 2.41 bits per heavy atom. The summed E-state index contributed by atoms with van der Waals surface area (Å²) in [5, 5.41) is 1.06. The van der Waals surface area contributed by atoms with E-state index >= 15 is 0 Å². The highest BCUT2D eigenvalue weighted by Crippen LogP contribution is 2.43. The molecule has 0 amide bonds. The van der Waals surface area contributed by atoms with E-state index in [4.69, 9.17) is 4.74 Å². The zero-order valence-corrected chi connectivity index (χ0v) is 23.2. The second-order valence-corrected chi connectivity index (χ2v) is 11.6. The number of fused-ring (bicyclic) bond motifs is 3. The molecule has 2 unspecified atom stereocenters. The van der Waals surface area contributed by atoms with E-state index in [1.54, 1.807) is 6.92 Å². The second-order valence-electron chi connectivity index (χ2n) is 10.8. The maximum absolute atomic E-state index is 12.4. The van der Waals surface area contributed by atoms with Crippen LogP contribution in [0.5, 0.6) is 0 Å². The smallest absolute Gasteiger partial charge is 0.162 e. The fourth-order valence-electron chi connectivity index (χ4n) is 6.31. The lowest BCUT2D eigenvalue weighted by molar-refractivity contribution is -0.0600. The van der Waals surface area contributed by atoms with Gasteiger partial charge in [0.05, 0.1) is 11.3 Å². The normalized spacial score (nSPS) is 25.1. The fourth-order valence-corrected chi connectivity index (χ4v) is 6.89. The van der Waals surface area contributed by atoms with Gasteiger partial charge >= 0.3 is 0 Å². The largest absolute Gasteiger partial charge is 0.492 e. The molecule has 0 saturated carbocycles. The zero-order valence-electron chi connectivity index (χ0n) is 21.6. The Labute approximate surface area is 213 Å². The average Bonchev–Trinajstić information content (AvgIpc) is 3.18. The summed E-state index contributed by atoms with van der Waals surface area (Å²) in [5.41, 5.74) is 4.30. The van der Waals surface area contributed by atoms with Crippen LogP contribution in [0.1, 0.15) is 82.8 Å². The number of carbonyl (C=O) groups is 1. The Balaban J connectivity index is 1.43. The first kappa shape index (κ1) is 25.2. The minimum absolute atomic E-state index is 0.0765. The molecule has 2 aliphatic rings. The molecule has 2 fully saturated rings. The predicted molar refractivity (Wildman–Crippen MR) is 144 cm³/mol. The van der Waals surface area contributed by atoms with E-state index in [1.807, 2.05) is 6.07 Å². The summed E-state index contributed by atoms with van der Waals surface area (Å²) in [6.07, 6.45) is 10.0. The number of piperidine rings is 1. The number of benzene rings is 1. The Morgan fingerprint density at radius 2 is 1.79 bits per heavy atom. The van der Waals surface area contributed by atoms with Gasteiger partial charge in [-0.25, -0.2) is 0 Å². The number of hydrogen-bond acceptors (Lipinski definition) is 3. The lowest BCUT2D eigenvalue weighted by atomic mass is 9.87. The maximum Gasteiger partial charge on any atom is 0.162 e. The van der Waals surface area contributed by atoms with E-state index in [2.05, 4.69) is 84.3 Å². The molecule has 2 saturated heterocycles. The average molecular weight is 528 g/mol. The van der Waals surface area contributed by atoms with Gasteiger partial charge in [-0.3, -0.25) is 9.69 Å². The van der Waals surface area contributed by atoms with Crippen LogP contribution in [-0.2, 0) is 11.3 Å². The minimum atomic E-state index is -0.0765. The van der Waals surface area contributed by atoms with Crippen LogP contribution in [0.4, 0.5) is 0 Å². The van der Waals surface area contributed by atoms with Crippen LogP contribution in [0, 0.1) is 6.92 Å². The number of rotatable bonds is 8. The van der Waals surface area contributed by atoms with Crippen molar-refractivity contribution >= 4 is 32.6 Å². The molecule has 1 aromatic carbocycles. The number of nitrogens with zero attached hydrogens (tertiary/aromatic N) is 2. The molecule has 2 aromatic rings. The second kappa shape index (κ2) is 10.0.